The number of hydrogen-bond donors (Lipinski definition) is 3. The van der Waals surface area contributed by atoms with Crippen LogP contribution < -0.4 is 10.6 Å². The lowest BCUT2D eigenvalue weighted by Crippen LogP contribution is -2.31. The van der Waals surface area contributed by atoms with Gasteiger partial charge in [0.15, 0.2) is 0 Å². The second-order valence-electron chi connectivity index (χ2n) is 4.06. The fourth-order valence-electron chi connectivity index (χ4n) is 1.39. The van der Waals surface area contributed by atoms with Crippen LogP contribution in [0, 0.1) is 0 Å². The topological polar surface area (TPSA) is 91.3 Å². The Morgan fingerprint density at radius 1 is 1.44 bits per heavy atom. The molecule has 1 fully saturated rings. The zero-order valence-corrected chi connectivity index (χ0v) is 10.2. The Balaban J connectivity index is 1.95. The number of hydrogen-bond acceptors (Lipinski definition) is 4. The molecule has 0 radical (unpaired) electrons. The summed E-state index contributed by atoms with van der Waals surface area (Å²) in [5.74, 6) is -0.966. The Labute approximate surface area is 108 Å². The highest BCUT2D eigenvalue weighted by Crippen LogP contribution is 2.18. The van der Waals surface area contributed by atoms with Crippen molar-refractivity contribution in [2.24, 2.45) is 0 Å². The van der Waals surface area contributed by atoms with Gasteiger partial charge in [0.25, 0.3) is 0 Å². The monoisotopic (exact) mass is 269 g/mol. The fourth-order valence-corrected chi connectivity index (χ4v) is 1.60. The molecule has 0 bridgehead atoms. The number of aromatic carboxylic acids is 1. The van der Waals surface area contributed by atoms with E-state index >= 15 is 0 Å². The summed E-state index contributed by atoms with van der Waals surface area (Å²) >= 11 is 5.69. The van der Waals surface area contributed by atoms with Gasteiger partial charge in [-0.2, -0.15) is 0 Å². The highest BCUT2D eigenvalue weighted by atomic mass is 35.5. The first-order valence-corrected chi connectivity index (χ1v) is 5.86. The molecule has 96 valence electrons. The maximum absolute atomic E-state index is 11.4. The lowest BCUT2D eigenvalue weighted by Gasteiger charge is -2.07. The third-order valence-electron chi connectivity index (χ3n) is 2.41. The van der Waals surface area contributed by atoms with E-state index in [0.717, 1.165) is 12.8 Å². The normalized spacial score (nSPS) is 14.1. The van der Waals surface area contributed by atoms with Gasteiger partial charge in [-0.1, -0.05) is 11.6 Å². The van der Waals surface area contributed by atoms with Crippen LogP contribution in [-0.4, -0.2) is 34.6 Å². The Hall–Kier alpha value is -1.82. The Morgan fingerprint density at radius 3 is 2.78 bits per heavy atom. The molecule has 0 aromatic carbocycles. The minimum Gasteiger partial charge on any atom is -0.478 e. The molecule has 3 N–H and O–H groups in total. The van der Waals surface area contributed by atoms with Crippen molar-refractivity contribution < 1.29 is 14.7 Å². The van der Waals surface area contributed by atoms with Crippen LogP contribution in [-0.2, 0) is 4.79 Å². The van der Waals surface area contributed by atoms with Crippen LogP contribution in [0.25, 0.3) is 0 Å². The summed E-state index contributed by atoms with van der Waals surface area (Å²) in [6.07, 6.45) is 2.04. The minimum absolute atomic E-state index is 0.0279. The van der Waals surface area contributed by atoms with Crippen LogP contribution in [0.5, 0.6) is 0 Å². The minimum atomic E-state index is -1.09. The number of rotatable bonds is 5. The van der Waals surface area contributed by atoms with Gasteiger partial charge in [0.05, 0.1) is 12.1 Å². The first-order valence-electron chi connectivity index (χ1n) is 5.49. The molecular weight excluding hydrogens is 258 g/mol. The van der Waals surface area contributed by atoms with Gasteiger partial charge in [0.2, 0.25) is 5.91 Å². The number of carboxylic acid groups (broad SMARTS) is 1. The second-order valence-corrected chi connectivity index (χ2v) is 4.45. The van der Waals surface area contributed by atoms with Crippen molar-refractivity contribution in [3.05, 3.63) is 22.8 Å². The summed E-state index contributed by atoms with van der Waals surface area (Å²) in [7, 11) is 0. The first kappa shape index (κ1) is 12.6. The van der Waals surface area contributed by atoms with Crippen molar-refractivity contribution in [3.8, 4) is 0 Å². The van der Waals surface area contributed by atoms with E-state index in [1.165, 1.54) is 12.1 Å². The van der Waals surface area contributed by atoms with E-state index < -0.39 is 5.97 Å². The number of carbonyl (C=O) groups excluding carboxylic acids is 1. The number of amides is 1. The maximum Gasteiger partial charge on any atom is 0.335 e. The van der Waals surface area contributed by atoms with Crippen molar-refractivity contribution in [1.82, 2.24) is 10.3 Å². The van der Waals surface area contributed by atoms with Crippen LogP contribution in [0.1, 0.15) is 23.2 Å². The van der Waals surface area contributed by atoms with E-state index in [2.05, 4.69) is 15.6 Å². The number of carbonyl (C=O) groups is 2. The first-order chi connectivity index (χ1) is 8.54. The summed E-state index contributed by atoms with van der Waals surface area (Å²) in [6, 6.07) is 2.87. The van der Waals surface area contributed by atoms with Crippen molar-refractivity contribution in [1.29, 1.82) is 0 Å². The molecule has 1 heterocycles. The number of halogens is 1. The average molecular weight is 270 g/mol. The molecule has 0 aliphatic heterocycles. The summed E-state index contributed by atoms with van der Waals surface area (Å²) in [4.78, 5) is 26.1. The summed E-state index contributed by atoms with van der Waals surface area (Å²) in [5.41, 5.74) is 0.0279. The van der Waals surface area contributed by atoms with E-state index in [-0.39, 0.29) is 29.0 Å². The van der Waals surface area contributed by atoms with Gasteiger partial charge in [0, 0.05) is 6.04 Å². The molecule has 0 spiro atoms. The van der Waals surface area contributed by atoms with Gasteiger partial charge >= 0.3 is 5.97 Å². The molecular formula is C11H12ClN3O3. The molecule has 2 rings (SSSR count). The average Bonchev–Trinajstić information content (AvgIpc) is 3.09. The zero-order chi connectivity index (χ0) is 13.1. The molecule has 6 nitrogen and oxygen atoms in total. The molecule has 0 saturated heterocycles. The maximum atomic E-state index is 11.4. The van der Waals surface area contributed by atoms with Crippen LogP contribution in [0.3, 0.4) is 0 Å². The number of pyridine rings is 1. The molecule has 1 aliphatic rings. The zero-order valence-electron chi connectivity index (χ0n) is 9.44. The fraction of sp³-hybridized carbons (Fsp3) is 0.364. The molecule has 0 atom stereocenters. The lowest BCUT2D eigenvalue weighted by molar-refractivity contribution is -0.119. The molecule has 18 heavy (non-hydrogen) atoms. The van der Waals surface area contributed by atoms with Crippen molar-refractivity contribution in [2.75, 3.05) is 11.9 Å². The SMILES string of the molecule is O=C(CNc1cc(C(=O)O)cc(Cl)n1)NC1CC1. The second kappa shape index (κ2) is 5.22. The van der Waals surface area contributed by atoms with Gasteiger partial charge < -0.3 is 15.7 Å². The Morgan fingerprint density at radius 2 is 2.17 bits per heavy atom. The van der Waals surface area contributed by atoms with Crippen LogP contribution in [0.2, 0.25) is 5.15 Å². The van der Waals surface area contributed by atoms with Crippen molar-refractivity contribution in [2.45, 2.75) is 18.9 Å². The molecule has 1 amide bonds. The highest BCUT2D eigenvalue weighted by molar-refractivity contribution is 6.29. The Kier molecular flexibility index (Phi) is 3.66. The summed E-state index contributed by atoms with van der Waals surface area (Å²) in [6.45, 7) is 0.0445. The van der Waals surface area contributed by atoms with E-state index in [1.54, 1.807) is 0 Å². The van der Waals surface area contributed by atoms with Gasteiger partial charge in [-0.15, -0.1) is 0 Å². The Bertz CT molecular complexity index is 488. The van der Waals surface area contributed by atoms with E-state index in [9.17, 15) is 9.59 Å². The summed E-state index contributed by atoms with van der Waals surface area (Å²) < 4.78 is 0. The third kappa shape index (κ3) is 3.59. The van der Waals surface area contributed by atoms with Gasteiger partial charge in [-0.05, 0) is 25.0 Å². The quantitative estimate of drug-likeness (QED) is 0.697. The molecule has 7 heteroatoms. The van der Waals surface area contributed by atoms with Gasteiger partial charge in [-0.3, -0.25) is 4.79 Å². The van der Waals surface area contributed by atoms with Crippen LogP contribution in [0.15, 0.2) is 12.1 Å². The number of nitrogens with zero attached hydrogens (tertiary/aromatic N) is 1. The van der Waals surface area contributed by atoms with Crippen LogP contribution >= 0.6 is 11.6 Å². The molecule has 1 aliphatic carbocycles. The van der Waals surface area contributed by atoms with E-state index in [4.69, 9.17) is 16.7 Å². The largest absolute Gasteiger partial charge is 0.478 e. The van der Waals surface area contributed by atoms with Gasteiger partial charge in [0.1, 0.15) is 11.0 Å². The smallest absolute Gasteiger partial charge is 0.335 e. The third-order valence-corrected chi connectivity index (χ3v) is 2.61. The van der Waals surface area contributed by atoms with E-state index in [0.29, 0.717) is 6.04 Å². The summed E-state index contributed by atoms with van der Waals surface area (Å²) in [5, 5.41) is 14.5. The van der Waals surface area contributed by atoms with E-state index in [1.807, 2.05) is 0 Å². The molecule has 0 unspecified atom stereocenters. The van der Waals surface area contributed by atoms with Gasteiger partial charge in [-0.25, -0.2) is 9.78 Å². The molecule has 1 aromatic heterocycles. The standard InChI is InChI=1S/C11H12ClN3O3/c12-8-3-6(11(17)18)4-9(15-8)13-5-10(16)14-7-1-2-7/h3-4,7H,1-2,5H2,(H,13,15)(H,14,16)(H,17,18). The predicted molar refractivity (Wildman–Crippen MR) is 65.9 cm³/mol. The van der Waals surface area contributed by atoms with Crippen molar-refractivity contribution in [3.63, 3.8) is 0 Å². The predicted octanol–water partition coefficient (Wildman–Crippen LogP) is 1.12. The van der Waals surface area contributed by atoms with Crippen molar-refractivity contribution >= 4 is 29.3 Å². The number of anilines is 1. The lowest BCUT2D eigenvalue weighted by atomic mass is 10.2. The highest BCUT2D eigenvalue weighted by Gasteiger charge is 2.22. The molecule has 1 aromatic rings. The molecule has 1 saturated carbocycles. The number of aromatic nitrogens is 1. The number of carboxylic acids is 1. The number of nitrogens with one attached hydrogen (secondary N) is 2. The van der Waals surface area contributed by atoms with Crippen LogP contribution in [0.4, 0.5) is 5.82 Å².